The topological polar surface area (TPSA) is 88.2 Å². The van der Waals surface area contributed by atoms with E-state index in [9.17, 15) is 14.4 Å². The summed E-state index contributed by atoms with van der Waals surface area (Å²) < 4.78 is 10.7. The van der Waals surface area contributed by atoms with E-state index in [2.05, 4.69) is 5.32 Å². The van der Waals surface area contributed by atoms with Crippen LogP contribution in [0, 0.1) is 11.8 Å². The molecule has 1 saturated heterocycles. The van der Waals surface area contributed by atoms with E-state index in [0.29, 0.717) is 56.1 Å². The van der Waals surface area contributed by atoms with Gasteiger partial charge in [-0.2, -0.15) is 0 Å². The zero-order chi connectivity index (χ0) is 22.0. The number of ether oxygens (including phenoxy) is 2. The first-order valence-corrected chi connectivity index (χ1v) is 11.3. The Morgan fingerprint density at radius 2 is 1.74 bits per heavy atom. The van der Waals surface area contributed by atoms with E-state index in [1.807, 2.05) is 18.7 Å². The Balaban J connectivity index is 1.47. The maximum Gasteiger partial charge on any atom is 0.252 e. The highest BCUT2D eigenvalue weighted by Gasteiger charge is 2.39. The number of rotatable bonds is 7. The smallest absolute Gasteiger partial charge is 0.252 e. The number of hydrogen-bond acceptors (Lipinski definition) is 5. The number of fused-ring (bicyclic) bond motifs is 1. The van der Waals surface area contributed by atoms with Crippen molar-refractivity contribution < 1.29 is 23.9 Å². The molecule has 8 nitrogen and oxygen atoms in total. The summed E-state index contributed by atoms with van der Waals surface area (Å²) in [5, 5.41) is 2.99. The summed E-state index contributed by atoms with van der Waals surface area (Å²) >= 11 is 0. The van der Waals surface area contributed by atoms with Crippen LogP contribution < -0.4 is 14.8 Å². The fourth-order valence-corrected chi connectivity index (χ4v) is 4.42. The van der Waals surface area contributed by atoms with Crippen LogP contribution in [0.4, 0.5) is 0 Å². The molecule has 31 heavy (non-hydrogen) atoms. The highest BCUT2D eigenvalue weighted by molar-refractivity contribution is 5.98. The maximum atomic E-state index is 13.3. The fourth-order valence-electron chi connectivity index (χ4n) is 4.42. The Hall–Kier alpha value is -2.77. The zero-order valence-electron chi connectivity index (χ0n) is 18.3. The number of likely N-dealkylation sites (tertiary alicyclic amines) is 1. The normalized spacial score (nSPS) is 19.1. The summed E-state index contributed by atoms with van der Waals surface area (Å²) in [6.45, 7) is 6.48. The summed E-state index contributed by atoms with van der Waals surface area (Å²) in [5.74, 6) is 1.22. The van der Waals surface area contributed by atoms with E-state index in [1.54, 1.807) is 23.1 Å². The van der Waals surface area contributed by atoms with Gasteiger partial charge in [0.2, 0.25) is 18.6 Å². The van der Waals surface area contributed by atoms with Gasteiger partial charge in [0.15, 0.2) is 11.5 Å². The van der Waals surface area contributed by atoms with Gasteiger partial charge in [0, 0.05) is 37.7 Å². The largest absolute Gasteiger partial charge is 0.454 e. The second-order valence-corrected chi connectivity index (χ2v) is 8.47. The van der Waals surface area contributed by atoms with Gasteiger partial charge in [0.1, 0.15) is 6.04 Å². The Kier molecular flexibility index (Phi) is 6.34. The van der Waals surface area contributed by atoms with Crippen LogP contribution >= 0.6 is 0 Å². The molecule has 1 aliphatic carbocycles. The van der Waals surface area contributed by atoms with Crippen molar-refractivity contribution in [3.8, 4) is 11.5 Å². The van der Waals surface area contributed by atoms with Gasteiger partial charge in [-0.25, -0.2) is 0 Å². The SMILES string of the molecule is CCN(CC)C(=O)[C@H](NC(=O)c1ccc2c(c1)OCO2)C1CCN(C(=O)C2CC2)CC1. The van der Waals surface area contributed by atoms with Crippen molar-refractivity contribution in [1.29, 1.82) is 0 Å². The third-order valence-corrected chi connectivity index (χ3v) is 6.51. The Morgan fingerprint density at radius 1 is 1.06 bits per heavy atom. The van der Waals surface area contributed by atoms with Gasteiger partial charge in [-0.15, -0.1) is 0 Å². The summed E-state index contributed by atoms with van der Waals surface area (Å²) in [5.41, 5.74) is 0.433. The molecule has 2 heterocycles. The van der Waals surface area contributed by atoms with E-state index >= 15 is 0 Å². The van der Waals surface area contributed by atoms with Crippen molar-refractivity contribution in [3.05, 3.63) is 23.8 Å². The standard InChI is InChI=1S/C23H31N3O5/c1-3-25(4-2)23(29)20(15-9-11-26(12-10-15)22(28)16-5-6-16)24-21(27)17-7-8-18-19(13-17)31-14-30-18/h7-8,13,15-16,20H,3-6,9-12,14H2,1-2H3,(H,24,27)/t20-/m1/s1. The van der Waals surface area contributed by atoms with Gasteiger partial charge in [0.05, 0.1) is 0 Å². The van der Waals surface area contributed by atoms with Gasteiger partial charge < -0.3 is 24.6 Å². The molecule has 0 radical (unpaired) electrons. The molecule has 168 valence electrons. The minimum Gasteiger partial charge on any atom is -0.454 e. The predicted molar refractivity (Wildman–Crippen MR) is 114 cm³/mol. The minimum atomic E-state index is -0.615. The van der Waals surface area contributed by atoms with E-state index in [-0.39, 0.29) is 36.4 Å². The number of piperidine rings is 1. The molecule has 1 atom stereocenters. The molecule has 0 bridgehead atoms. The number of likely N-dealkylation sites (N-methyl/N-ethyl adjacent to an activating group) is 1. The van der Waals surface area contributed by atoms with Gasteiger partial charge in [-0.05, 0) is 63.6 Å². The number of hydrogen-bond donors (Lipinski definition) is 1. The predicted octanol–water partition coefficient (Wildman–Crippen LogP) is 2.03. The van der Waals surface area contributed by atoms with E-state index in [0.717, 1.165) is 12.8 Å². The molecule has 1 N–H and O–H groups in total. The minimum absolute atomic E-state index is 0.00527. The number of amides is 3. The molecule has 1 aromatic carbocycles. The Labute approximate surface area is 182 Å². The first-order valence-electron chi connectivity index (χ1n) is 11.3. The molecule has 0 unspecified atom stereocenters. The first kappa shape index (κ1) is 21.5. The highest BCUT2D eigenvalue weighted by Crippen LogP contribution is 2.34. The van der Waals surface area contributed by atoms with Crippen LogP contribution in [0.5, 0.6) is 11.5 Å². The fraction of sp³-hybridized carbons (Fsp3) is 0.609. The van der Waals surface area contributed by atoms with Crippen LogP contribution in [0.15, 0.2) is 18.2 Å². The van der Waals surface area contributed by atoms with Crippen LogP contribution in [0.1, 0.15) is 49.9 Å². The molecule has 1 aromatic rings. The van der Waals surface area contributed by atoms with E-state index in [1.165, 1.54) is 0 Å². The highest BCUT2D eigenvalue weighted by atomic mass is 16.7. The maximum absolute atomic E-state index is 13.3. The van der Waals surface area contributed by atoms with Crippen LogP contribution in [-0.4, -0.2) is 66.5 Å². The first-order chi connectivity index (χ1) is 15.0. The summed E-state index contributed by atoms with van der Waals surface area (Å²) in [6, 6.07) is 4.42. The average molecular weight is 430 g/mol. The molecule has 3 aliphatic rings. The zero-order valence-corrected chi connectivity index (χ0v) is 18.3. The van der Waals surface area contributed by atoms with Crippen LogP contribution in [0.25, 0.3) is 0 Å². The van der Waals surface area contributed by atoms with Crippen molar-refractivity contribution in [1.82, 2.24) is 15.1 Å². The van der Waals surface area contributed by atoms with E-state index in [4.69, 9.17) is 9.47 Å². The number of nitrogens with zero attached hydrogens (tertiary/aromatic N) is 2. The summed E-state index contributed by atoms with van der Waals surface area (Å²) in [7, 11) is 0. The lowest BCUT2D eigenvalue weighted by molar-refractivity contribution is -0.136. The average Bonchev–Trinajstić information content (AvgIpc) is 3.54. The second kappa shape index (κ2) is 9.16. The molecule has 0 spiro atoms. The molecular weight excluding hydrogens is 398 g/mol. The third kappa shape index (κ3) is 4.62. The third-order valence-electron chi connectivity index (χ3n) is 6.51. The van der Waals surface area contributed by atoms with Crippen molar-refractivity contribution in [2.24, 2.45) is 11.8 Å². The van der Waals surface area contributed by atoms with Crippen LogP contribution in [0.3, 0.4) is 0 Å². The summed E-state index contributed by atoms with van der Waals surface area (Å²) in [6.07, 6.45) is 3.40. The van der Waals surface area contributed by atoms with Crippen LogP contribution in [-0.2, 0) is 9.59 Å². The molecule has 4 rings (SSSR count). The summed E-state index contributed by atoms with van der Waals surface area (Å²) in [4.78, 5) is 42.4. The Morgan fingerprint density at radius 3 is 2.39 bits per heavy atom. The molecule has 3 amide bonds. The number of nitrogens with one attached hydrogen (secondary N) is 1. The second-order valence-electron chi connectivity index (χ2n) is 8.47. The van der Waals surface area contributed by atoms with Crippen molar-refractivity contribution in [3.63, 3.8) is 0 Å². The molecule has 2 aliphatic heterocycles. The van der Waals surface area contributed by atoms with Crippen LogP contribution in [0.2, 0.25) is 0 Å². The van der Waals surface area contributed by atoms with Crippen molar-refractivity contribution in [2.45, 2.75) is 45.6 Å². The van der Waals surface area contributed by atoms with Crippen molar-refractivity contribution >= 4 is 17.7 Å². The molecule has 8 heteroatoms. The van der Waals surface area contributed by atoms with Gasteiger partial charge >= 0.3 is 0 Å². The lowest BCUT2D eigenvalue weighted by Crippen LogP contribution is -2.54. The monoisotopic (exact) mass is 429 g/mol. The van der Waals surface area contributed by atoms with Gasteiger partial charge in [-0.1, -0.05) is 0 Å². The molecule has 1 saturated carbocycles. The lowest BCUT2D eigenvalue weighted by atomic mass is 9.88. The Bertz CT molecular complexity index is 842. The lowest BCUT2D eigenvalue weighted by Gasteiger charge is -2.37. The van der Waals surface area contributed by atoms with Crippen molar-refractivity contribution in [2.75, 3.05) is 33.0 Å². The number of carbonyl (C=O) groups is 3. The van der Waals surface area contributed by atoms with Gasteiger partial charge in [0.25, 0.3) is 5.91 Å². The van der Waals surface area contributed by atoms with E-state index < -0.39 is 6.04 Å². The van der Waals surface area contributed by atoms with Gasteiger partial charge in [-0.3, -0.25) is 14.4 Å². The quantitative estimate of drug-likeness (QED) is 0.717. The molecular formula is C23H31N3O5. The molecule has 2 fully saturated rings. The number of carbonyl (C=O) groups excluding carboxylic acids is 3. The molecule has 0 aromatic heterocycles. The number of benzene rings is 1.